The largest absolute Gasteiger partial charge is 0.480 e. The highest BCUT2D eigenvalue weighted by Gasteiger charge is 2.22. The predicted octanol–water partition coefficient (Wildman–Crippen LogP) is 2.18. The number of aliphatic carboxylic acids is 1. The van der Waals surface area contributed by atoms with Crippen LogP contribution in [0.3, 0.4) is 0 Å². The molecule has 0 saturated heterocycles. The lowest BCUT2D eigenvalue weighted by atomic mass is 10.3. The molecule has 0 bridgehead atoms. The topological polar surface area (TPSA) is 60.9 Å². The Bertz CT molecular complexity index is 465. The van der Waals surface area contributed by atoms with E-state index in [0.29, 0.717) is 12.2 Å². The molecule has 19 heavy (non-hydrogen) atoms. The molecular weight excluding hydrogens is 251 g/mol. The molecule has 0 heterocycles. The third kappa shape index (κ3) is 3.94. The fourth-order valence-corrected chi connectivity index (χ4v) is 1.72. The molecule has 0 atom stereocenters. The van der Waals surface area contributed by atoms with Gasteiger partial charge < -0.3 is 10.0 Å². The van der Waals surface area contributed by atoms with Crippen LogP contribution in [0.4, 0.5) is 14.9 Å². The third-order valence-corrected chi connectivity index (χ3v) is 2.65. The van der Waals surface area contributed by atoms with E-state index < -0.39 is 17.8 Å². The lowest BCUT2D eigenvalue weighted by Gasteiger charge is -2.28. The fraction of sp³-hybridized carbons (Fsp3) is 0.385. The first-order valence-electron chi connectivity index (χ1n) is 6.03. The number of anilines is 1. The first kappa shape index (κ1) is 14.9. The summed E-state index contributed by atoms with van der Waals surface area (Å²) < 4.78 is 13.2. The molecule has 0 saturated carbocycles. The van der Waals surface area contributed by atoms with Gasteiger partial charge in [-0.2, -0.15) is 0 Å². The maximum Gasteiger partial charge on any atom is 0.324 e. The van der Waals surface area contributed by atoms with Gasteiger partial charge in [0.2, 0.25) is 0 Å². The van der Waals surface area contributed by atoms with Crippen LogP contribution in [-0.2, 0) is 4.79 Å². The number of nitrogens with zero attached hydrogens (tertiary/aromatic N) is 2. The molecule has 0 aliphatic heterocycles. The Hall–Kier alpha value is -2.11. The number of carboxylic acids is 1. The van der Waals surface area contributed by atoms with Crippen LogP contribution in [0.1, 0.15) is 13.8 Å². The number of hydrogen-bond donors (Lipinski definition) is 1. The first-order valence-corrected chi connectivity index (χ1v) is 6.03. The van der Waals surface area contributed by atoms with Gasteiger partial charge in [-0.25, -0.2) is 9.18 Å². The Balaban J connectivity index is 2.95. The number of likely N-dealkylation sites (N-methyl/N-ethyl adjacent to an activating group) is 1. The quantitative estimate of drug-likeness (QED) is 0.890. The Kier molecular flexibility index (Phi) is 5.29. The second kappa shape index (κ2) is 6.72. The highest BCUT2D eigenvalue weighted by atomic mass is 19.1. The molecule has 1 aromatic rings. The lowest BCUT2D eigenvalue weighted by molar-refractivity contribution is -0.137. The molecule has 1 N–H and O–H groups in total. The standard InChI is InChI=1S/C13H17FN2O3/c1-3-15(9-12(17)18)13(19)16(4-2)11-7-5-6-10(14)8-11/h5-8H,3-4,9H2,1-2H3,(H,17,18). The summed E-state index contributed by atoms with van der Waals surface area (Å²) in [6, 6.07) is 5.21. The van der Waals surface area contributed by atoms with Crippen molar-refractivity contribution in [3.05, 3.63) is 30.1 Å². The normalized spacial score (nSPS) is 10.1. The number of rotatable bonds is 5. The molecular formula is C13H17FN2O3. The second-order valence-corrected chi connectivity index (χ2v) is 3.91. The van der Waals surface area contributed by atoms with Gasteiger partial charge in [-0.1, -0.05) is 6.07 Å². The van der Waals surface area contributed by atoms with Crippen molar-refractivity contribution >= 4 is 17.7 Å². The van der Waals surface area contributed by atoms with Crippen LogP contribution in [0.25, 0.3) is 0 Å². The maximum absolute atomic E-state index is 13.2. The van der Waals surface area contributed by atoms with E-state index in [4.69, 9.17) is 5.11 Å². The number of hydrogen-bond acceptors (Lipinski definition) is 2. The number of carboxylic acid groups (broad SMARTS) is 1. The van der Waals surface area contributed by atoms with Crippen molar-refractivity contribution in [1.82, 2.24) is 4.90 Å². The van der Waals surface area contributed by atoms with Crippen LogP contribution in [0.15, 0.2) is 24.3 Å². The highest BCUT2D eigenvalue weighted by Crippen LogP contribution is 2.17. The molecule has 0 unspecified atom stereocenters. The molecule has 2 amide bonds. The van der Waals surface area contributed by atoms with Gasteiger partial charge in [0.1, 0.15) is 12.4 Å². The number of halogens is 1. The molecule has 1 rings (SSSR count). The summed E-state index contributed by atoms with van der Waals surface area (Å²) in [7, 11) is 0. The van der Waals surface area contributed by atoms with Crippen LogP contribution >= 0.6 is 0 Å². The molecule has 0 aromatic heterocycles. The Morgan fingerprint density at radius 2 is 1.95 bits per heavy atom. The monoisotopic (exact) mass is 268 g/mol. The zero-order chi connectivity index (χ0) is 14.4. The van der Waals surface area contributed by atoms with Crippen molar-refractivity contribution in [2.75, 3.05) is 24.5 Å². The fourth-order valence-electron chi connectivity index (χ4n) is 1.72. The maximum atomic E-state index is 13.2. The van der Waals surface area contributed by atoms with Gasteiger partial charge in [-0.15, -0.1) is 0 Å². The summed E-state index contributed by atoms with van der Waals surface area (Å²) in [6.07, 6.45) is 0. The molecule has 5 nitrogen and oxygen atoms in total. The molecule has 0 fully saturated rings. The van der Waals surface area contributed by atoms with Crippen molar-refractivity contribution in [3.63, 3.8) is 0 Å². The molecule has 1 aromatic carbocycles. The zero-order valence-electron chi connectivity index (χ0n) is 11.0. The van der Waals surface area contributed by atoms with Crippen LogP contribution in [0, 0.1) is 5.82 Å². The smallest absolute Gasteiger partial charge is 0.324 e. The number of benzene rings is 1. The summed E-state index contributed by atoms with van der Waals surface area (Å²) in [4.78, 5) is 25.5. The molecule has 6 heteroatoms. The summed E-state index contributed by atoms with van der Waals surface area (Å²) in [5, 5.41) is 8.76. The van der Waals surface area contributed by atoms with E-state index in [-0.39, 0.29) is 13.1 Å². The van der Waals surface area contributed by atoms with Gasteiger partial charge in [0.05, 0.1) is 0 Å². The van der Waals surface area contributed by atoms with Crippen molar-refractivity contribution in [2.24, 2.45) is 0 Å². The van der Waals surface area contributed by atoms with E-state index in [0.717, 1.165) is 0 Å². The van der Waals surface area contributed by atoms with Gasteiger partial charge in [-0.05, 0) is 32.0 Å². The lowest BCUT2D eigenvalue weighted by Crippen LogP contribution is -2.45. The van der Waals surface area contributed by atoms with E-state index in [2.05, 4.69) is 0 Å². The molecule has 0 aliphatic rings. The van der Waals surface area contributed by atoms with Crippen molar-refractivity contribution in [1.29, 1.82) is 0 Å². The van der Waals surface area contributed by atoms with Gasteiger partial charge in [-0.3, -0.25) is 9.69 Å². The van der Waals surface area contributed by atoms with E-state index in [1.807, 2.05) is 0 Å². The van der Waals surface area contributed by atoms with E-state index >= 15 is 0 Å². The summed E-state index contributed by atoms with van der Waals surface area (Å²) in [6.45, 7) is 3.67. The Morgan fingerprint density at radius 1 is 1.26 bits per heavy atom. The zero-order valence-corrected chi connectivity index (χ0v) is 11.0. The van der Waals surface area contributed by atoms with Crippen molar-refractivity contribution < 1.29 is 19.1 Å². The summed E-state index contributed by atoms with van der Waals surface area (Å²) >= 11 is 0. The Morgan fingerprint density at radius 3 is 2.42 bits per heavy atom. The number of urea groups is 1. The predicted molar refractivity (Wildman–Crippen MR) is 69.7 cm³/mol. The molecule has 0 radical (unpaired) electrons. The third-order valence-electron chi connectivity index (χ3n) is 2.65. The van der Waals surface area contributed by atoms with Crippen LogP contribution in [0.5, 0.6) is 0 Å². The number of carbonyl (C=O) groups excluding carboxylic acids is 1. The average Bonchev–Trinajstić information content (AvgIpc) is 2.36. The first-order chi connectivity index (χ1) is 8.99. The minimum atomic E-state index is -1.08. The molecule has 104 valence electrons. The summed E-state index contributed by atoms with van der Waals surface area (Å²) in [5.41, 5.74) is 0.413. The highest BCUT2D eigenvalue weighted by molar-refractivity contribution is 5.93. The average molecular weight is 268 g/mol. The van der Waals surface area contributed by atoms with Gasteiger partial charge in [0, 0.05) is 18.8 Å². The minimum Gasteiger partial charge on any atom is -0.480 e. The molecule has 0 aliphatic carbocycles. The molecule has 0 spiro atoms. The summed E-state index contributed by atoms with van der Waals surface area (Å²) in [5.74, 6) is -1.52. The van der Waals surface area contributed by atoms with E-state index in [1.165, 1.54) is 28.0 Å². The van der Waals surface area contributed by atoms with Gasteiger partial charge in [0.25, 0.3) is 0 Å². The van der Waals surface area contributed by atoms with Crippen LogP contribution < -0.4 is 4.90 Å². The number of amides is 2. The Labute approximate surface area is 111 Å². The van der Waals surface area contributed by atoms with Crippen molar-refractivity contribution in [3.8, 4) is 0 Å². The SMILES string of the molecule is CCN(CC(=O)O)C(=O)N(CC)c1cccc(F)c1. The van der Waals surface area contributed by atoms with Crippen LogP contribution in [0.2, 0.25) is 0 Å². The van der Waals surface area contributed by atoms with Crippen molar-refractivity contribution in [2.45, 2.75) is 13.8 Å². The number of carbonyl (C=O) groups is 2. The van der Waals surface area contributed by atoms with Gasteiger partial charge >= 0.3 is 12.0 Å². The van der Waals surface area contributed by atoms with Gasteiger partial charge in [0.15, 0.2) is 0 Å². The van der Waals surface area contributed by atoms with Crippen LogP contribution in [-0.4, -0.2) is 41.6 Å². The van der Waals surface area contributed by atoms with E-state index in [1.54, 1.807) is 19.9 Å². The van der Waals surface area contributed by atoms with E-state index in [9.17, 15) is 14.0 Å². The minimum absolute atomic E-state index is 0.275. The second-order valence-electron chi connectivity index (χ2n) is 3.91.